The van der Waals surface area contributed by atoms with Crippen molar-refractivity contribution in [3.8, 4) is 0 Å². The zero-order valence-corrected chi connectivity index (χ0v) is 9.23. The molecule has 0 saturated heterocycles. The fourth-order valence-electron chi connectivity index (χ4n) is 3.27. The molecule has 4 nitrogen and oxygen atoms in total. The molecule has 0 aliphatic heterocycles. The minimum absolute atomic E-state index is 0.0899. The first-order valence-electron chi connectivity index (χ1n) is 5.68. The number of hydrogen-bond acceptors (Lipinski definition) is 2. The highest BCUT2D eigenvalue weighted by atomic mass is 16.4. The highest BCUT2D eigenvalue weighted by Gasteiger charge is 2.47. The third-order valence-corrected chi connectivity index (χ3v) is 4.00. The van der Waals surface area contributed by atoms with Crippen molar-refractivity contribution < 1.29 is 19.8 Å². The number of carboxylic acid groups (broad SMARTS) is 2. The fraction of sp³-hybridized carbons (Fsp3) is 0.143. The molecule has 1 unspecified atom stereocenters. The zero-order valence-electron chi connectivity index (χ0n) is 9.23. The molecule has 18 heavy (non-hydrogen) atoms. The van der Waals surface area contributed by atoms with E-state index < -0.39 is 17.9 Å². The van der Waals surface area contributed by atoms with E-state index in [-0.39, 0.29) is 12.0 Å². The Hall–Kier alpha value is -2.36. The number of carbonyl (C=O) groups is 2. The molecule has 88 valence electrons. The van der Waals surface area contributed by atoms with Gasteiger partial charge in [0.15, 0.2) is 0 Å². The van der Waals surface area contributed by atoms with Crippen molar-refractivity contribution in [2.24, 2.45) is 5.92 Å². The molecule has 0 bridgehead atoms. The van der Waals surface area contributed by atoms with Gasteiger partial charge in [-0.3, -0.25) is 4.79 Å². The Kier molecular flexibility index (Phi) is 1.46. The Labute approximate surface area is 102 Å². The topological polar surface area (TPSA) is 74.6 Å². The van der Waals surface area contributed by atoms with Gasteiger partial charge in [0.25, 0.3) is 0 Å². The van der Waals surface area contributed by atoms with Gasteiger partial charge in [-0.1, -0.05) is 12.2 Å². The van der Waals surface area contributed by atoms with Crippen LogP contribution >= 0.6 is 0 Å². The van der Waals surface area contributed by atoms with Crippen molar-refractivity contribution >= 4 is 11.9 Å². The van der Waals surface area contributed by atoms with Gasteiger partial charge in [-0.05, 0) is 45.9 Å². The maximum absolute atomic E-state index is 11.3. The molecule has 0 radical (unpaired) electrons. The van der Waals surface area contributed by atoms with E-state index in [1.54, 1.807) is 0 Å². The van der Waals surface area contributed by atoms with Crippen molar-refractivity contribution in [1.82, 2.24) is 0 Å². The summed E-state index contributed by atoms with van der Waals surface area (Å²) in [6, 6.07) is 0. The number of hydrogen-bond donors (Lipinski definition) is 2. The lowest BCUT2D eigenvalue weighted by Gasteiger charge is -2.18. The molecule has 4 aliphatic rings. The summed E-state index contributed by atoms with van der Waals surface area (Å²) in [6.07, 6.45) is 5.88. The summed E-state index contributed by atoms with van der Waals surface area (Å²) < 4.78 is 0. The molecule has 1 atom stereocenters. The highest BCUT2D eigenvalue weighted by Crippen LogP contribution is 2.58. The second-order valence-corrected chi connectivity index (χ2v) is 4.80. The van der Waals surface area contributed by atoms with E-state index in [2.05, 4.69) is 0 Å². The summed E-state index contributed by atoms with van der Waals surface area (Å²) in [6.45, 7) is 0. The van der Waals surface area contributed by atoms with Crippen molar-refractivity contribution in [3.63, 3.8) is 0 Å². The molecule has 0 saturated carbocycles. The normalized spacial score (nSPS) is 26.4. The first kappa shape index (κ1) is 9.65. The number of rotatable bonds is 2. The van der Waals surface area contributed by atoms with E-state index in [1.165, 1.54) is 0 Å². The summed E-state index contributed by atoms with van der Waals surface area (Å²) in [5, 5.41) is 18.5. The van der Waals surface area contributed by atoms with Crippen molar-refractivity contribution in [1.29, 1.82) is 0 Å². The lowest BCUT2D eigenvalue weighted by atomic mass is 9.84. The van der Waals surface area contributed by atoms with Crippen molar-refractivity contribution in [3.05, 3.63) is 57.2 Å². The quantitative estimate of drug-likeness (QED) is 0.768. The first-order chi connectivity index (χ1) is 8.59. The Morgan fingerprint density at radius 3 is 2.56 bits per heavy atom. The maximum Gasteiger partial charge on any atom is 0.332 e. The molecule has 0 aromatic carbocycles. The van der Waals surface area contributed by atoms with Gasteiger partial charge in [-0.2, -0.15) is 0 Å². The summed E-state index contributed by atoms with van der Waals surface area (Å²) in [5.74, 6) is -2.67. The molecular formula is C14H8O4. The molecule has 0 aromatic heterocycles. The monoisotopic (exact) mass is 240 g/mol. The average Bonchev–Trinajstić information content (AvgIpc) is 2.81. The summed E-state index contributed by atoms with van der Waals surface area (Å²) in [5.41, 5.74) is 5.56. The Morgan fingerprint density at radius 1 is 1.11 bits per heavy atom. The van der Waals surface area contributed by atoms with Crippen LogP contribution in [0.4, 0.5) is 0 Å². The van der Waals surface area contributed by atoms with Gasteiger partial charge in [0.05, 0.1) is 5.92 Å². The van der Waals surface area contributed by atoms with Crippen LogP contribution in [0.3, 0.4) is 0 Å². The smallest absolute Gasteiger partial charge is 0.332 e. The largest absolute Gasteiger partial charge is 0.481 e. The van der Waals surface area contributed by atoms with Crippen molar-refractivity contribution in [2.75, 3.05) is 0 Å². The first-order valence-corrected chi connectivity index (χ1v) is 5.68. The average molecular weight is 240 g/mol. The number of carboxylic acids is 2. The summed E-state index contributed by atoms with van der Waals surface area (Å²) in [4.78, 5) is 22.6. The summed E-state index contributed by atoms with van der Waals surface area (Å²) in [7, 11) is 0. The van der Waals surface area contributed by atoms with Crippen LogP contribution < -0.4 is 0 Å². The lowest BCUT2D eigenvalue weighted by Crippen LogP contribution is -2.15. The van der Waals surface area contributed by atoms with E-state index in [1.807, 2.05) is 18.2 Å². The minimum Gasteiger partial charge on any atom is -0.481 e. The van der Waals surface area contributed by atoms with Crippen LogP contribution in [0.15, 0.2) is 57.2 Å². The SMILES string of the molecule is O=C(O)C1=C2C3=C4C(=CC4=C2C(C(=O)O)C1)C=C3. The third-order valence-electron chi connectivity index (χ3n) is 4.00. The fourth-order valence-corrected chi connectivity index (χ4v) is 3.27. The van der Waals surface area contributed by atoms with Gasteiger partial charge in [0.2, 0.25) is 0 Å². The Bertz CT molecular complexity index is 710. The molecule has 0 spiro atoms. The van der Waals surface area contributed by atoms with E-state index >= 15 is 0 Å². The molecular weight excluding hydrogens is 232 g/mol. The molecule has 0 fully saturated rings. The third kappa shape index (κ3) is 0.850. The van der Waals surface area contributed by atoms with Crippen LogP contribution in [0.1, 0.15) is 6.42 Å². The van der Waals surface area contributed by atoms with Crippen LogP contribution in [0.25, 0.3) is 0 Å². The number of aliphatic carboxylic acids is 2. The van der Waals surface area contributed by atoms with Crippen LogP contribution in [0, 0.1) is 5.92 Å². The Balaban J connectivity index is 2.00. The van der Waals surface area contributed by atoms with E-state index in [9.17, 15) is 19.8 Å². The standard InChI is InChI=1S/C14H8O4/c15-13(16)8-4-9(14(17)18)12-7-3-5-1-2-6(10(5)7)11(8)12/h1-3,9H,4H2,(H,15,16)(H,17,18). The van der Waals surface area contributed by atoms with E-state index in [0.29, 0.717) is 11.1 Å². The second-order valence-electron chi connectivity index (χ2n) is 4.80. The van der Waals surface area contributed by atoms with Gasteiger partial charge in [0.1, 0.15) is 0 Å². The van der Waals surface area contributed by atoms with Crippen molar-refractivity contribution in [2.45, 2.75) is 6.42 Å². The predicted molar refractivity (Wildman–Crippen MR) is 61.7 cm³/mol. The van der Waals surface area contributed by atoms with Crippen LogP contribution in [0.5, 0.6) is 0 Å². The van der Waals surface area contributed by atoms with E-state index in [0.717, 1.165) is 22.3 Å². The lowest BCUT2D eigenvalue weighted by molar-refractivity contribution is -0.140. The zero-order chi connectivity index (χ0) is 12.6. The molecule has 0 heterocycles. The molecule has 0 amide bonds. The molecule has 4 heteroatoms. The number of allylic oxidation sites excluding steroid dienone is 8. The molecule has 0 aromatic rings. The molecule has 4 rings (SSSR count). The molecule has 4 aliphatic carbocycles. The van der Waals surface area contributed by atoms with E-state index in [4.69, 9.17) is 0 Å². The minimum atomic E-state index is -1.01. The molecule has 2 N–H and O–H groups in total. The number of fused-ring (bicyclic) bond motifs is 2. The second kappa shape index (κ2) is 2.72. The van der Waals surface area contributed by atoms with Gasteiger partial charge < -0.3 is 10.2 Å². The van der Waals surface area contributed by atoms with Gasteiger partial charge in [-0.25, -0.2) is 4.79 Å². The maximum atomic E-state index is 11.3. The van der Waals surface area contributed by atoms with Crippen LogP contribution in [0.2, 0.25) is 0 Å². The van der Waals surface area contributed by atoms with Gasteiger partial charge >= 0.3 is 11.9 Å². The van der Waals surface area contributed by atoms with Crippen LogP contribution in [-0.4, -0.2) is 22.2 Å². The van der Waals surface area contributed by atoms with Gasteiger partial charge in [-0.15, -0.1) is 0 Å². The highest BCUT2D eigenvalue weighted by molar-refractivity contribution is 6.00. The van der Waals surface area contributed by atoms with Gasteiger partial charge in [0, 0.05) is 5.57 Å². The predicted octanol–water partition coefficient (Wildman–Crippen LogP) is 1.59. The summed E-state index contributed by atoms with van der Waals surface area (Å²) >= 11 is 0. The van der Waals surface area contributed by atoms with Crippen LogP contribution in [-0.2, 0) is 9.59 Å². The Morgan fingerprint density at radius 2 is 1.89 bits per heavy atom.